The molecule has 1 saturated heterocycles. The van der Waals surface area contributed by atoms with Crippen molar-refractivity contribution in [1.29, 1.82) is 0 Å². The van der Waals surface area contributed by atoms with Crippen molar-refractivity contribution < 1.29 is 9.21 Å². The van der Waals surface area contributed by atoms with Crippen LogP contribution in [-0.4, -0.2) is 42.0 Å². The molecule has 1 amide bonds. The van der Waals surface area contributed by atoms with E-state index < -0.39 is 0 Å². The molecule has 0 unspecified atom stereocenters. The summed E-state index contributed by atoms with van der Waals surface area (Å²) in [4.78, 5) is 21.0. The molecular formula is C16H14BrN3O2S. The van der Waals surface area contributed by atoms with Crippen molar-refractivity contribution in [2.75, 3.05) is 31.1 Å². The summed E-state index contributed by atoms with van der Waals surface area (Å²) < 4.78 is 7.43. The summed E-state index contributed by atoms with van der Waals surface area (Å²) in [5.74, 6) is 0.367. The number of aromatic nitrogens is 1. The number of fused-ring (bicyclic) bond motifs is 1. The molecule has 1 aliphatic rings. The number of nitrogens with zero attached hydrogens (tertiary/aromatic N) is 3. The van der Waals surface area contributed by atoms with Gasteiger partial charge in [0.2, 0.25) is 0 Å². The molecule has 3 aromatic rings. The van der Waals surface area contributed by atoms with Crippen molar-refractivity contribution in [3.8, 4) is 0 Å². The Balaban J connectivity index is 1.47. The van der Waals surface area contributed by atoms with Gasteiger partial charge in [0, 0.05) is 30.7 Å². The molecule has 1 aromatic carbocycles. The number of piperazine rings is 1. The van der Waals surface area contributed by atoms with E-state index in [2.05, 4.69) is 26.9 Å². The summed E-state index contributed by atoms with van der Waals surface area (Å²) in [7, 11) is 0. The van der Waals surface area contributed by atoms with Crippen LogP contribution in [0.25, 0.3) is 10.2 Å². The van der Waals surface area contributed by atoms with Gasteiger partial charge in [0.15, 0.2) is 10.9 Å². The van der Waals surface area contributed by atoms with Gasteiger partial charge in [-0.25, -0.2) is 4.98 Å². The number of rotatable bonds is 2. The quantitative estimate of drug-likeness (QED) is 0.669. The number of hydrogen-bond donors (Lipinski definition) is 0. The SMILES string of the molecule is O=C(c1ccco1)N1CCN(c2nc3ccc(Br)cc3s2)CC1. The van der Waals surface area contributed by atoms with E-state index >= 15 is 0 Å². The maximum Gasteiger partial charge on any atom is 0.289 e. The number of thiazole rings is 1. The highest BCUT2D eigenvalue weighted by atomic mass is 79.9. The molecule has 0 radical (unpaired) electrons. The summed E-state index contributed by atoms with van der Waals surface area (Å²) in [6, 6.07) is 9.57. The molecule has 1 aliphatic heterocycles. The van der Waals surface area contributed by atoms with Gasteiger partial charge in [0.1, 0.15) is 0 Å². The molecule has 0 bridgehead atoms. The summed E-state index contributed by atoms with van der Waals surface area (Å²) in [6.07, 6.45) is 1.53. The van der Waals surface area contributed by atoms with Gasteiger partial charge < -0.3 is 14.2 Å². The van der Waals surface area contributed by atoms with Crippen molar-refractivity contribution in [1.82, 2.24) is 9.88 Å². The van der Waals surface area contributed by atoms with Gasteiger partial charge in [-0.1, -0.05) is 27.3 Å². The fourth-order valence-corrected chi connectivity index (χ4v) is 4.25. The Kier molecular flexibility index (Phi) is 3.82. The maximum absolute atomic E-state index is 12.3. The predicted octanol–water partition coefficient (Wildman–Crippen LogP) is 3.61. The van der Waals surface area contributed by atoms with Crippen LogP contribution in [0.4, 0.5) is 5.13 Å². The fourth-order valence-electron chi connectivity index (χ4n) is 2.68. The Morgan fingerprint density at radius 1 is 1.22 bits per heavy atom. The average molecular weight is 392 g/mol. The highest BCUT2D eigenvalue weighted by molar-refractivity contribution is 9.10. The molecule has 0 N–H and O–H groups in total. The fraction of sp³-hybridized carbons (Fsp3) is 0.250. The molecule has 1 fully saturated rings. The molecule has 0 saturated carbocycles. The maximum atomic E-state index is 12.3. The first-order valence-corrected chi connectivity index (χ1v) is 8.95. The highest BCUT2D eigenvalue weighted by Gasteiger charge is 2.25. The highest BCUT2D eigenvalue weighted by Crippen LogP contribution is 2.31. The van der Waals surface area contributed by atoms with Gasteiger partial charge in [-0.2, -0.15) is 0 Å². The van der Waals surface area contributed by atoms with Crippen molar-refractivity contribution in [2.45, 2.75) is 0 Å². The molecule has 0 atom stereocenters. The molecule has 23 heavy (non-hydrogen) atoms. The third-order valence-corrected chi connectivity index (χ3v) is 5.48. The van der Waals surface area contributed by atoms with Crippen LogP contribution in [0.1, 0.15) is 10.6 Å². The minimum absolute atomic E-state index is 0.0390. The van der Waals surface area contributed by atoms with Crippen molar-refractivity contribution in [3.63, 3.8) is 0 Å². The van der Waals surface area contributed by atoms with Crippen LogP contribution in [0.15, 0.2) is 45.5 Å². The summed E-state index contributed by atoms with van der Waals surface area (Å²) in [5.41, 5.74) is 1.02. The zero-order valence-electron chi connectivity index (χ0n) is 12.2. The summed E-state index contributed by atoms with van der Waals surface area (Å²) in [5, 5.41) is 1.02. The normalized spacial score (nSPS) is 15.3. The number of furan rings is 1. The second-order valence-corrected chi connectivity index (χ2v) is 7.29. The lowest BCUT2D eigenvalue weighted by atomic mass is 10.3. The first-order valence-electron chi connectivity index (χ1n) is 7.34. The van der Waals surface area contributed by atoms with E-state index in [1.54, 1.807) is 23.5 Å². The first kappa shape index (κ1) is 14.7. The second kappa shape index (κ2) is 5.98. The third kappa shape index (κ3) is 2.86. The molecule has 4 rings (SSSR count). The molecule has 3 heterocycles. The zero-order chi connectivity index (χ0) is 15.8. The number of amides is 1. The molecule has 2 aromatic heterocycles. The van der Waals surface area contributed by atoms with Gasteiger partial charge >= 0.3 is 0 Å². The van der Waals surface area contributed by atoms with E-state index in [9.17, 15) is 4.79 Å². The Morgan fingerprint density at radius 2 is 2.04 bits per heavy atom. The minimum Gasteiger partial charge on any atom is -0.459 e. The smallest absolute Gasteiger partial charge is 0.289 e. The monoisotopic (exact) mass is 391 g/mol. The number of anilines is 1. The van der Waals surface area contributed by atoms with Gasteiger partial charge in [0.05, 0.1) is 16.5 Å². The predicted molar refractivity (Wildman–Crippen MR) is 94.1 cm³/mol. The number of carbonyl (C=O) groups excluding carboxylic acids is 1. The molecule has 0 aliphatic carbocycles. The van der Waals surface area contributed by atoms with Crippen LogP contribution in [0.5, 0.6) is 0 Å². The second-order valence-electron chi connectivity index (χ2n) is 5.37. The summed E-state index contributed by atoms with van der Waals surface area (Å²) >= 11 is 5.18. The van der Waals surface area contributed by atoms with E-state index in [1.165, 1.54) is 11.0 Å². The van der Waals surface area contributed by atoms with Crippen LogP contribution in [0.3, 0.4) is 0 Å². The van der Waals surface area contributed by atoms with E-state index in [0.717, 1.165) is 28.2 Å². The number of carbonyl (C=O) groups is 1. The molecular weight excluding hydrogens is 378 g/mol. The summed E-state index contributed by atoms with van der Waals surface area (Å²) in [6.45, 7) is 2.93. The van der Waals surface area contributed by atoms with Crippen LogP contribution in [0.2, 0.25) is 0 Å². The Hall–Kier alpha value is -1.86. The third-order valence-electron chi connectivity index (χ3n) is 3.91. The lowest BCUT2D eigenvalue weighted by Crippen LogP contribution is -2.48. The lowest BCUT2D eigenvalue weighted by Gasteiger charge is -2.34. The number of halogens is 1. The van der Waals surface area contributed by atoms with Gasteiger partial charge in [-0.05, 0) is 30.3 Å². The van der Waals surface area contributed by atoms with Crippen molar-refractivity contribution >= 4 is 48.5 Å². The van der Waals surface area contributed by atoms with Crippen molar-refractivity contribution in [3.05, 3.63) is 46.8 Å². The van der Waals surface area contributed by atoms with E-state index in [-0.39, 0.29) is 5.91 Å². The molecule has 118 valence electrons. The van der Waals surface area contributed by atoms with Gasteiger partial charge in [0.25, 0.3) is 5.91 Å². The Labute approximate surface area is 145 Å². The zero-order valence-corrected chi connectivity index (χ0v) is 14.6. The standard InChI is InChI=1S/C16H14BrN3O2S/c17-11-3-4-12-14(10-11)23-16(18-12)20-7-5-19(6-8-20)15(21)13-2-1-9-22-13/h1-4,9-10H,5-8H2. The first-order chi connectivity index (χ1) is 11.2. The average Bonchev–Trinajstić information content (AvgIpc) is 3.23. The lowest BCUT2D eigenvalue weighted by molar-refractivity contribution is 0.0714. The van der Waals surface area contributed by atoms with Crippen molar-refractivity contribution in [2.24, 2.45) is 0 Å². The topological polar surface area (TPSA) is 49.6 Å². The number of benzene rings is 1. The van der Waals surface area contributed by atoms with Crippen LogP contribution in [-0.2, 0) is 0 Å². The Bertz CT molecular complexity index is 838. The van der Waals surface area contributed by atoms with Crippen LogP contribution in [0, 0.1) is 0 Å². The Morgan fingerprint density at radius 3 is 2.78 bits per heavy atom. The minimum atomic E-state index is -0.0390. The van der Waals surface area contributed by atoms with Gasteiger partial charge in [-0.3, -0.25) is 4.79 Å². The van der Waals surface area contributed by atoms with E-state index in [1.807, 2.05) is 17.0 Å². The molecule has 5 nitrogen and oxygen atoms in total. The number of hydrogen-bond acceptors (Lipinski definition) is 5. The van der Waals surface area contributed by atoms with Crippen LogP contribution >= 0.6 is 27.3 Å². The van der Waals surface area contributed by atoms with Gasteiger partial charge in [-0.15, -0.1) is 0 Å². The molecule has 7 heteroatoms. The van der Waals surface area contributed by atoms with E-state index in [0.29, 0.717) is 18.8 Å². The molecule has 0 spiro atoms. The van der Waals surface area contributed by atoms with Crippen LogP contribution < -0.4 is 4.90 Å². The van der Waals surface area contributed by atoms with E-state index in [4.69, 9.17) is 9.40 Å². The largest absolute Gasteiger partial charge is 0.459 e.